The van der Waals surface area contributed by atoms with E-state index < -0.39 is 41.3 Å². The number of benzene rings is 2. The van der Waals surface area contributed by atoms with E-state index in [0.29, 0.717) is 24.2 Å². The van der Waals surface area contributed by atoms with Crippen LogP contribution in [0, 0.1) is 23.5 Å². The van der Waals surface area contributed by atoms with Gasteiger partial charge in [-0.15, -0.1) is 0 Å². The Morgan fingerprint density at radius 3 is 2.43 bits per heavy atom. The first-order valence-electron chi connectivity index (χ1n) is 11.1. The third-order valence-electron chi connectivity index (χ3n) is 5.29. The van der Waals surface area contributed by atoms with Gasteiger partial charge in [-0.1, -0.05) is 35.5 Å². The maximum Gasteiger partial charge on any atom is 0.387 e. The fourth-order valence-corrected chi connectivity index (χ4v) is 3.12. The summed E-state index contributed by atoms with van der Waals surface area (Å²) >= 11 is 0. The number of rotatable bonds is 10. The number of hydrogen-bond acceptors (Lipinski definition) is 6. The zero-order chi connectivity index (χ0) is 24.8. The minimum absolute atomic E-state index is 0.0895. The largest absolute Gasteiger partial charge is 0.434 e. The van der Waals surface area contributed by atoms with Gasteiger partial charge in [0.15, 0.2) is 17.5 Å². The molecule has 0 aliphatic heterocycles. The van der Waals surface area contributed by atoms with E-state index in [9.17, 15) is 22.4 Å². The van der Waals surface area contributed by atoms with E-state index in [1.807, 2.05) is 0 Å². The van der Waals surface area contributed by atoms with Gasteiger partial charge in [-0.05, 0) is 54.5 Å². The molecule has 0 aromatic heterocycles. The first kappa shape index (κ1) is 24.5. The van der Waals surface area contributed by atoms with Crippen LogP contribution >= 0.6 is 0 Å². The number of hydrogen-bond donors (Lipinski definition) is 1. The van der Waals surface area contributed by atoms with E-state index in [1.54, 1.807) is 30.3 Å². The highest BCUT2D eigenvalue weighted by atomic mass is 19.3. The molecule has 1 amide bonds. The Morgan fingerprint density at radius 1 is 1.03 bits per heavy atom. The predicted molar refractivity (Wildman–Crippen MR) is 118 cm³/mol. The number of halogens is 4. The minimum atomic E-state index is -3.33. The Hall–Kier alpha value is -3.63. The smallest absolute Gasteiger partial charge is 0.387 e. The van der Waals surface area contributed by atoms with Crippen LogP contribution in [0.25, 0.3) is 0 Å². The Morgan fingerprint density at radius 2 is 1.77 bits per heavy atom. The van der Waals surface area contributed by atoms with Gasteiger partial charge in [-0.2, -0.15) is 8.78 Å². The molecule has 186 valence electrons. The molecule has 0 spiro atoms. The van der Waals surface area contributed by atoms with Gasteiger partial charge in [-0.3, -0.25) is 4.79 Å². The van der Waals surface area contributed by atoms with Crippen molar-refractivity contribution in [3.63, 3.8) is 0 Å². The normalized spacial score (nSPS) is 16.3. The lowest BCUT2D eigenvalue weighted by Gasteiger charge is -2.15. The second-order valence-corrected chi connectivity index (χ2v) is 8.30. The first-order chi connectivity index (χ1) is 16.9. The van der Waals surface area contributed by atoms with Crippen LogP contribution in [-0.2, 0) is 20.9 Å². The fraction of sp³-hybridized carbons (Fsp3) is 0.375. The average molecular weight is 493 g/mol. The second kappa shape index (κ2) is 11.2. The molecule has 2 aromatic carbocycles. The van der Waals surface area contributed by atoms with Gasteiger partial charge in [0.2, 0.25) is 5.91 Å². The SMILES string of the molecule is O=C(Cc1ccccc1)NC(=NOC(=NOCC1CC1)C1CC1)c1c(OC(F)F)ccc(F)c1F. The molecular weight excluding hydrogens is 470 g/mol. The third-order valence-corrected chi connectivity index (χ3v) is 5.29. The molecule has 1 N–H and O–H groups in total. The van der Waals surface area contributed by atoms with Crippen LogP contribution in [0.2, 0.25) is 0 Å². The van der Waals surface area contributed by atoms with E-state index in [0.717, 1.165) is 31.7 Å². The molecule has 2 aromatic rings. The van der Waals surface area contributed by atoms with Crippen LogP contribution in [0.3, 0.4) is 0 Å². The van der Waals surface area contributed by atoms with Crippen LogP contribution in [0.5, 0.6) is 5.75 Å². The number of alkyl halides is 2. The first-order valence-corrected chi connectivity index (χ1v) is 11.1. The van der Waals surface area contributed by atoms with E-state index in [2.05, 4.69) is 20.4 Å². The standard InChI is InChI=1S/C24H23F4N3O4/c25-17-10-11-18(34-24(27)28)20(21(17)26)22(29-19(32)12-14-4-2-1-3-5-14)30-35-23(16-8-9-16)31-33-13-15-6-7-15/h1-5,10-11,15-16,24H,6-9,12-13H2,(H,29,30,32). The summed E-state index contributed by atoms with van der Waals surface area (Å²) in [5.74, 6) is -4.49. The summed E-state index contributed by atoms with van der Waals surface area (Å²) in [5.41, 5.74) is -0.191. The number of oxime groups is 2. The van der Waals surface area contributed by atoms with Gasteiger partial charge in [0.1, 0.15) is 17.9 Å². The van der Waals surface area contributed by atoms with Crippen molar-refractivity contribution in [3.05, 3.63) is 65.2 Å². The van der Waals surface area contributed by atoms with Gasteiger partial charge in [0.05, 0.1) is 6.42 Å². The number of amides is 1. The van der Waals surface area contributed by atoms with E-state index in [1.165, 1.54) is 0 Å². The lowest BCUT2D eigenvalue weighted by molar-refractivity contribution is -0.119. The molecule has 11 heteroatoms. The molecule has 2 aliphatic carbocycles. The van der Waals surface area contributed by atoms with Crippen molar-refractivity contribution in [2.24, 2.45) is 22.1 Å². The fourth-order valence-electron chi connectivity index (χ4n) is 3.12. The molecule has 35 heavy (non-hydrogen) atoms. The zero-order valence-electron chi connectivity index (χ0n) is 18.6. The predicted octanol–water partition coefficient (Wildman–Crippen LogP) is 4.75. The summed E-state index contributed by atoms with van der Waals surface area (Å²) in [5, 5.41) is 10.0. The van der Waals surface area contributed by atoms with Gasteiger partial charge in [0.25, 0.3) is 5.90 Å². The highest BCUT2D eigenvalue weighted by molar-refractivity contribution is 6.10. The van der Waals surface area contributed by atoms with Crippen molar-refractivity contribution < 1.29 is 36.8 Å². The van der Waals surface area contributed by atoms with Crippen molar-refractivity contribution in [3.8, 4) is 5.75 Å². The van der Waals surface area contributed by atoms with Gasteiger partial charge in [-0.25, -0.2) is 8.78 Å². The second-order valence-electron chi connectivity index (χ2n) is 8.30. The summed E-state index contributed by atoms with van der Waals surface area (Å²) in [6.07, 6.45) is 3.47. The summed E-state index contributed by atoms with van der Waals surface area (Å²) in [7, 11) is 0. The van der Waals surface area contributed by atoms with Gasteiger partial charge in [0, 0.05) is 5.92 Å². The number of amidine groups is 1. The van der Waals surface area contributed by atoms with Crippen LogP contribution in [-0.4, -0.2) is 30.9 Å². The van der Waals surface area contributed by atoms with Crippen LogP contribution < -0.4 is 10.1 Å². The van der Waals surface area contributed by atoms with Crippen LogP contribution in [0.15, 0.2) is 52.8 Å². The van der Waals surface area contributed by atoms with Crippen LogP contribution in [0.1, 0.15) is 36.8 Å². The van der Waals surface area contributed by atoms with Crippen LogP contribution in [0.4, 0.5) is 17.6 Å². The lowest BCUT2D eigenvalue weighted by atomic mass is 10.1. The molecule has 7 nitrogen and oxygen atoms in total. The monoisotopic (exact) mass is 493 g/mol. The van der Waals surface area contributed by atoms with Crippen molar-refractivity contribution in [1.82, 2.24) is 5.32 Å². The summed E-state index contributed by atoms with van der Waals surface area (Å²) in [6, 6.07) is 10.0. The quantitative estimate of drug-likeness (QED) is 0.224. The van der Waals surface area contributed by atoms with Gasteiger partial charge < -0.3 is 19.7 Å². The van der Waals surface area contributed by atoms with E-state index >= 15 is 0 Å². The summed E-state index contributed by atoms with van der Waals surface area (Å²) in [6.45, 7) is -2.92. The number of ether oxygens (including phenoxy) is 1. The maximum atomic E-state index is 14.8. The summed E-state index contributed by atoms with van der Waals surface area (Å²) < 4.78 is 59.1. The Labute approximate surface area is 198 Å². The maximum absolute atomic E-state index is 14.8. The molecule has 2 aliphatic rings. The average Bonchev–Trinajstić information content (AvgIpc) is 3.73. The Kier molecular flexibility index (Phi) is 7.84. The molecule has 2 fully saturated rings. The van der Waals surface area contributed by atoms with Crippen molar-refractivity contribution in [2.45, 2.75) is 38.7 Å². The molecule has 0 heterocycles. The lowest BCUT2D eigenvalue weighted by Crippen LogP contribution is -2.34. The number of nitrogens with one attached hydrogen (secondary N) is 1. The highest BCUT2D eigenvalue weighted by Gasteiger charge is 2.32. The van der Waals surface area contributed by atoms with Crippen molar-refractivity contribution >= 4 is 17.6 Å². The molecular formula is C24H23F4N3O4. The molecule has 4 rings (SSSR count). The molecule has 0 radical (unpaired) electrons. The van der Waals surface area contributed by atoms with Crippen molar-refractivity contribution in [1.29, 1.82) is 0 Å². The zero-order valence-corrected chi connectivity index (χ0v) is 18.6. The summed E-state index contributed by atoms with van der Waals surface area (Å²) in [4.78, 5) is 23.3. The highest BCUT2D eigenvalue weighted by Crippen LogP contribution is 2.33. The Balaban J connectivity index is 1.62. The molecule has 0 bridgehead atoms. The molecule has 2 saturated carbocycles. The topological polar surface area (TPSA) is 81.5 Å². The van der Waals surface area contributed by atoms with E-state index in [-0.39, 0.29) is 18.2 Å². The van der Waals surface area contributed by atoms with Gasteiger partial charge >= 0.3 is 6.61 Å². The number of nitrogens with zero attached hydrogens (tertiary/aromatic N) is 2. The van der Waals surface area contributed by atoms with Crippen molar-refractivity contribution in [2.75, 3.05) is 6.61 Å². The molecule has 0 unspecified atom stereocenters. The third kappa shape index (κ3) is 7.17. The molecule has 0 atom stereocenters. The Bertz CT molecular complexity index is 1100. The minimum Gasteiger partial charge on any atom is -0.434 e. The van der Waals surface area contributed by atoms with E-state index in [4.69, 9.17) is 9.68 Å². The number of carbonyl (C=O) groups excluding carboxylic acids is 1. The number of carbonyl (C=O) groups is 1. The molecule has 0 saturated heterocycles.